The van der Waals surface area contributed by atoms with Crippen LogP contribution >= 0.6 is 11.6 Å². The van der Waals surface area contributed by atoms with Crippen LogP contribution in [0, 0.1) is 5.82 Å². The van der Waals surface area contributed by atoms with Crippen LogP contribution in [0.1, 0.15) is 12.5 Å². The molecule has 0 aliphatic carbocycles. The normalized spacial score (nSPS) is 11.1. The predicted octanol–water partition coefficient (Wildman–Crippen LogP) is 2.52. The number of benzene rings is 1. The van der Waals surface area contributed by atoms with Crippen molar-refractivity contribution in [3.63, 3.8) is 0 Å². The smallest absolute Gasteiger partial charge is 0.142 e. The largest absolute Gasteiger partial charge is 0.318 e. The summed E-state index contributed by atoms with van der Waals surface area (Å²) in [5.41, 5.74) is 0.958. The highest BCUT2D eigenvalue weighted by molar-refractivity contribution is 6.30. The maximum atomic E-state index is 13.2. The Morgan fingerprint density at radius 1 is 1.44 bits per heavy atom. The predicted molar refractivity (Wildman–Crippen MR) is 66.3 cm³/mol. The van der Waals surface area contributed by atoms with E-state index in [-0.39, 0.29) is 10.8 Å². The average Bonchev–Trinajstić information content (AvgIpc) is 2.29. The summed E-state index contributed by atoms with van der Waals surface area (Å²) in [5.74, 6) is -0.344. The van der Waals surface area contributed by atoms with Crippen molar-refractivity contribution in [2.45, 2.75) is 13.5 Å². The summed E-state index contributed by atoms with van der Waals surface area (Å²) in [4.78, 5) is 2.25. The van der Waals surface area contributed by atoms with E-state index in [1.165, 1.54) is 6.07 Å². The molecule has 90 valence electrons. The first-order valence-electron chi connectivity index (χ1n) is 5.48. The molecule has 0 saturated carbocycles. The minimum absolute atomic E-state index is 0.182. The van der Waals surface area contributed by atoms with E-state index in [0.717, 1.165) is 31.7 Å². The quantitative estimate of drug-likeness (QED) is 0.827. The monoisotopic (exact) mass is 244 g/mol. The molecule has 0 spiro atoms. The molecule has 0 fully saturated rings. The van der Waals surface area contributed by atoms with Gasteiger partial charge in [-0.15, -0.1) is 0 Å². The van der Waals surface area contributed by atoms with E-state index in [1.54, 1.807) is 6.07 Å². The molecule has 0 aliphatic rings. The standard InChI is InChI=1S/C12H18ClFN2/c1-3-16(7-6-15-2)9-10-4-5-11(13)12(14)8-10/h4-5,8,15H,3,6-7,9H2,1-2H3. The van der Waals surface area contributed by atoms with Gasteiger partial charge in [0.05, 0.1) is 5.02 Å². The summed E-state index contributed by atoms with van der Waals surface area (Å²) >= 11 is 5.64. The summed E-state index contributed by atoms with van der Waals surface area (Å²) in [6.45, 7) is 5.70. The van der Waals surface area contributed by atoms with Crippen molar-refractivity contribution in [2.24, 2.45) is 0 Å². The molecule has 0 heterocycles. The Kier molecular flexibility index (Phi) is 5.74. The summed E-state index contributed by atoms with van der Waals surface area (Å²) < 4.78 is 13.2. The molecule has 0 bridgehead atoms. The minimum atomic E-state index is -0.344. The molecule has 0 amide bonds. The van der Waals surface area contributed by atoms with Crippen LogP contribution in [-0.4, -0.2) is 31.6 Å². The number of hydrogen-bond donors (Lipinski definition) is 1. The molecule has 0 saturated heterocycles. The number of halogens is 2. The summed E-state index contributed by atoms with van der Waals surface area (Å²) in [5, 5.41) is 3.28. The van der Waals surface area contributed by atoms with Gasteiger partial charge in [0.15, 0.2) is 0 Å². The van der Waals surface area contributed by atoms with Crippen LogP contribution < -0.4 is 5.32 Å². The van der Waals surface area contributed by atoms with Crippen LogP contribution in [0.25, 0.3) is 0 Å². The number of likely N-dealkylation sites (N-methyl/N-ethyl adjacent to an activating group) is 2. The van der Waals surface area contributed by atoms with E-state index >= 15 is 0 Å². The minimum Gasteiger partial charge on any atom is -0.318 e. The molecule has 1 aromatic rings. The van der Waals surface area contributed by atoms with Crippen molar-refractivity contribution >= 4 is 11.6 Å². The van der Waals surface area contributed by atoms with Crippen LogP contribution in [0.4, 0.5) is 4.39 Å². The van der Waals surface area contributed by atoms with E-state index < -0.39 is 0 Å². The van der Waals surface area contributed by atoms with E-state index in [2.05, 4.69) is 17.1 Å². The molecule has 0 aromatic heterocycles. The van der Waals surface area contributed by atoms with Crippen LogP contribution in [0.3, 0.4) is 0 Å². The van der Waals surface area contributed by atoms with Crippen LogP contribution in [0.5, 0.6) is 0 Å². The SMILES string of the molecule is CCN(CCNC)Cc1ccc(Cl)c(F)c1. The third-order valence-electron chi connectivity index (χ3n) is 2.52. The number of nitrogens with zero attached hydrogens (tertiary/aromatic N) is 1. The van der Waals surface area contributed by atoms with Gasteiger partial charge in [0.1, 0.15) is 5.82 Å². The first-order chi connectivity index (χ1) is 7.67. The summed E-state index contributed by atoms with van der Waals surface area (Å²) in [6.07, 6.45) is 0. The van der Waals surface area contributed by atoms with Gasteiger partial charge in [0.2, 0.25) is 0 Å². The van der Waals surface area contributed by atoms with E-state index in [9.17, 15) is 4.39 Å². The van der Waals surface area contributed by atoms with Gasteiger partial charge in [-0.2, -0.15) is 0 Å². The van der Waals surface area contributed by atoms with Gasteiger partial charge in [0, 0.05) is 19.6 Å². The molecule has 0 aliphatic heterocycles. The lowest BCUT2D eigenvalue weighted by atomic mass is 10.2. The second-order valence-electron chi connectivity index (χ2n) is 3.72. The highest BCUT2D eigenvalue weighted by Gasteiger charge is 2.05. The van der Waals surface area contributed by atoms with Gasteiger partial charge in [-0.3, -0.25) is 4.90 Å². The Balaban J connectivity index is 2.59. The van der Waals surface area contributed by atoms with Crippen molar-refractivity contribution in [1.29, 1.82) is 0 Å². The highest BCUT2D eigenvalue weighted by Crippen LogP contribution is 2.16. The fourth-order valence-electron chi connectivity index (χ4n) is 1.52. The van der Waals surface area contributed by atoms with E-state index in [0.29, 0.717) is 0 Å². The van der Waals surface area contributed by atoms with E-state index in [1.807, 2.05) is 13.1 Å². The van der Waals surface area contributed by atoms with Crippen molar-refractivity contribution in [1.82, 2.24) is 10.2 Å². The maximum Gasteiger partial charge on any atom is 0.142 e. The lowest BCUT2D eigenvalue weighted by molar-refractivity contribution is 0.281. The van der Waals surface area contributed by atoms with Gasteiger partial charge >= 0.3 is 0 Å². The molecule has 1 N–H and O–H groups in total. The van der Waals surface area contributed by atoms with Crippen LogP contribution in [-0.2, 0) is 6.54 Å². The van der Waals surface area contributed by atoms with Crippen LogP contribution in [0.15, 0.2) is 18.2 Å². The molecule has 0 radical (unpaired) electrons. The third-order valence-corrected chi connectivity index (χ3v) is 2.82. The lowest BCUT2D eigenvalue weighted by Gasteiger charge is -2.20. The zero-order valence-corrected chi connectivity index (χ0v) is 10.5. The summed E-state index contributed by atoms with van der Waals surface area (Å²) in [7, 11) is 1.93. The number of nitrogens with one attached hydrogen (secondary N) is 1. The van der Waals surface area contributed by atoms with Gasteiger partial charge in [-0.25, -0.2) is 4.39 Å². The van der Waals surface area contributed by atoms with Crippen molar-refractivity contribution in [3.05, 3.63) is 34.6 Å². The zero-order valence-electron chi connectivity index (χ0n) is 9.76. The van der Waals surface area contributed by atoms with Gasteiger partial charge in [-0.1, -0.05) is 24.6 Å². The van der Waals surface area contributed by atoms with Gasteiger partial charge < -0.3 is 5.32 Å². The molecule has 1 rings (SSSR count). The fourth-order valence-corrected chi connectivity index (χ4v) is 1.63. The van der Waals surface area contributed by atoms with Crippen molar-refractivity contribution < 1.29 is 4.39 Å². The molecular weight excluding hydrogens is 227 g/mol. The Morgan fingerprint density at radius 3 is 2.75 bits per heavy atom. The molecule has 4 heteroatoms. The lowest BCUT2D eigenvalue weighted by Crippen LogP contribution is -2.30. The second kappa shape index (κ2) is 6.84. The van der Waals surface area contributed by atoms with Gasteiger partial charge in [0.25, 0.3) is 0 Å². The van der Waals surface area contributed by atoms with Gasteiger partial charge in [-0.05, 0) is 31.3 Å². The fraction of sp³-hybridized carbons (Fsp3) is 0.500. The Labute approximate surface area is 101 Å². The number of rotatable bonds is 6. The Bertz CT molecular complexity index is 331. The molecular formula is C12H18ClFN2. The second-order valence-corrected chi connectivity index (χ2v) is 4.13. The molecule has 1 aromatic carbocycles. The Hall–Kier alpha value is -0.640. The third kappa shape index (κ3) is 4.08. The zero-order chi connectivity index (χ0) is 12.0. The molecule has 16 heavy (non-hydrogen) atoms. The first-order valence-corrected chi connectivity index (χ1v) is 5.86. The number of hydrogen-bond acceptors (Lipinski definition) is 2. The highest BCUT2D eigenvalue weighted by atomic mass is 35.5. The van der Waals surface area contributed by atoms with Crippen molar-refractivity contribution in [2.75, 3.05) is 26.7 Å². The molecule has 0 atom stereocenters. The Morgan fingerprint density at radius 2 is 2.19 bits per heavy atom. The molecule has 2 nitrogen and oxygen atoms in total. The topological polar surface area (TPSA) is 15.3 Å². The maximum absolute atomic E-state index is 13.2. The van der Waals surface area contributed by atoms with E-state index in [4.69, 9.17) is 11.6 Å². The van der Waals surface area contributed by atoms with Crippen LogP contribution in [0.2, 0.25) is 5.02 Å². The summed E-state index contributed by atoms with van der Waals surface area (Å²) in [6, 6.07) is 4.98. The molecule has 0 unspecified atom stereocenters. The van der Waals surface area contributed by atoms with Crippen molar-refractivity contribution in [3.8, 4) is 0 Å². The first kappa shape index (κ1) is 13.4. The average molecular weight is 245 g/mol.